The number of carbonyl (C=O) groups is 1. The number of carbonyl (C=O) groups excluding carboxylic acids is 1. The largest absolute Gasteiger partial charge is 0.326 e. The van der Waals surface area contributed by atoms with E-state index >= 15 is 0 Å². The Kier molecular flexibility index (Phi) is 3.66. The van der Waals surface area contributed by atoms with Gasteiger partial charge in [-0.15, -0.1) is 11.6 Å². The second-order valence-electron chi connectivity index (χ2n) is 4.32. The molecular formula is C13H14ClFN2O. The van der Waals surface area contributed by atoms with Gasteiger partial charge >= 0.3 is 0 Å². The molecule has 0 spiro atoms. The van der Waals surface area contributed by atoms with Gasteiger partial charge in [-0.25, -0.2) is 9.37 Å². The highest BCUT2D eigenvalue weighted by molar-refractivity contribution is 6.20. The molecule has 0 amide bonds. The molecule has 0 aliphatic carbocycles. The van der Waals surface area contributed by atoms with Crippen LogP contribution in [0.4, 0.5) is 4.39 Å². The SMILES string of the molecule is CC(=O)CCn1c(C(C)Cl)nc2cc(F)ccc21. The molecule has 1 heterocycles. The van der Waals surface area contributed by atoms with Crippen LogP contribution in [-0.2, 0) is 11.3 Å². The summed E-state index contributed by atoms with van der Waals surface area (Å²) in [7, 11) is 0. The number of rotatable bonds is 4. The van der Waals surface area contributed by atoms with Crippen molar-refractivity contribution in [3.63, 3.8) is 0 Å². The van der Waals surface area contributed by atoms with Crippen molar-refractivity contribution in [2.45, 2.75) is 32.2 Å². The molecule has 1 atom stereocenters. The summed E-state index contributed by atoms with van der Waals surface area (Å²) >= 11 is 6.07. The Bertz CT molecular complexity index is 592. The minimum Gasteiger partial charge on any atom is -0.326 e. The number of ketones is 1. The molecule has 1 unspecified atom stereocenters. The molecule has 18 heavy (non-hydrogen) atoms. The van der Waals surface area contributed by atoms with Crippen molar-refractivity contribution < 1.29 is 9.18 Å². The molecule has 96 valence electrons. The number of imidazole rings is 1. The van der Waals surface area contributed by atoms with Crippen molar-refractivity contribution in [2.75, 3.05) is 0 Å². The molecule has 1 aromatic carbocycles. The third-order valence-corrected chi connectivity index (χ3v) is 2.98. The molecule has 0 saturated heterocycles. The zero-order chi connectivity index (χ0) is 13.3. The Morgan fingerprint density at radius 3 is 2.89 bits per heavy atom. The number of hydrogen-bond acceptors (Lipinski definition) is 2. The second-order valence-corrected chi connectivity index (χ2v) is 4.98. The van der Waals surface area contributed by atoms with Crippen molar-refractivity contribution in [1.29, 1.82) is 0 Å². The molecule has 0 bridgehead atoms. The number of fused-ring (bicyclic) bond motifs is 1. The predicted octanol–water partition coefficient (Wildman–Crippen LogP) is 3.45. The maximum Gasteiger partial charge on any atom is 0.131 e. The fraction of sp³-hybridized carbons (Fsp3) is 0.385. The summed E-state index contributed by atoms with van der Waals surface area (Å²) in [5.74, 6) is 0.443. The predicted molar refractivity (Wildman–Crippen MR) is 69.3 cm³/mol. The van der Waals surface area contributed by atoms with Gasteiger partial charge in [0.15, 0.2) is 0 Å². The molecular weight excluding hydrogens is 255 g/mol. The zero-order valence-electron chi connectivity index (χ0n) is 10.3. The fourth-order valence-corrected chi connectivity index (χ4v) is 2.10. The van der Waals surface area contributed by atoms with Crippen LogP contribution in [0.1, 0.15) is 31.5 Å². The van der Waals surface area contributed by atoms with Gasteiger partial charge < -0.3 is 4.57 Å². The minimum atomic E-state index is -0.326. The van der Waals surface area contributed by atoms with Gasteiger partial charge in [0.05, 0.1) is 16.4 Å². The quantitative estimate of drug-likeness (QED) is 0.796. The van der Waals surface area contributed by atoms with Gasteiger partial charge in [0.2, 0.25) is 0 Å². The normalized spacial score (nSPS) is 12.9. The number of nitrogens with zero attached hydrogens (tertiary/aromatic N) is 2. The summed E-state index contributed by atoms with van der Waals surface area (Å²) in [6.45, 7) is 3.87. The first kappa shape index (κ1) is 13.0. The first-order valence-electron chi connectivity index (χ1n) is 5.78. The van der Waals surface area contributed by atoms with Crippen LogP contribution >= 0.6 is 11.6 Å². The highest BCUT2D eigenvalue weighted by Crippen LogP contribution is 2.25. The number of alkyl halides is 1. The minimum absolute atomic E-state index is 0.104. The van der Waals surface area contributed by atoms with Crippen LogP contribution in [0.2, 0.25) is 0 Å². The van der Waals surface area contributed by atoms with Gasteiger partial charge in [-0.2, -0.15) is 0 Å². The molecule has 0 radical (unpaired) electrons. The van der Waals surface area contributed by atoms with Crippen LogP contribution in [-0.4, -0.2) is 15.3 Å². The summed E-state index contributed by atoms with van der Waals surface area (Å²) in [6.07, 6.45) is 0.416. The Morgan fingerprint density at radius 2 is 2.28 bits per heavy atom. The second kappa shape index (κ2) is 5.06. The van der Waals surface area contributed by atoms with Crippen molar-refractivity contribution in [3.05, 3.63) is 29.8 Å². The average Bonchev–Trinajstić information content (AvgIpc) is 2.64. The topological polar surface area (TPSA) is 34.9 Å². The Balaban J connectivity index is 2.52. The lowest BCUT2D eigenvalue weighted by Crippen LogP contribution is -2.07. The van der Waals surface area contributed by atoms with Gasteiger partial charge in [0.1, 0.15) is 17.4 Å². The average molecular weight is 269 g/mol. The van der Waals surface area contributed by atoms with E-state index in [1.165, 1.54) is 12.1 Å². The third kappa shape index (κ3) is 2.53. The fourth-order valence-electron chi connectivity index (χ4n) is 1.93. The van der Waals surface area contributed by atoms with E-state index < -0.39 is 0 Å². The lowest BCUT2D eigenvalue weighted by molar-refractivity contribution is -0.117. The van der Waals surface area contributed by atoms with Gasteiger partial charge in [-0.3, -0.25) is 4.79 Å². The van der Waals surface area contributed by atoms with Crippen molar-refractivity contribution in [2.24, 2.45) is 0 Å². The summed E-state index contributed by atoms with van der Waals surface area (Å²) in [5, 5.41) is -0.285. The molecule has 0 N–H and O–H groups in total. The van der Waals surface area contributed by atoms with Crippen LogP contribution in [0, 0.1) is 5.82 Å². The number of hydrogen-bond donors (Lipinski definition) is 0. The molecule has 3 nitrogen and oxygen atoms in total. The van der Waals surface area contributed by atoms with E-state index in [0.29, 0.717) is 24.3 Å². The Hall–Kier alpha value is -1.42. The van der Waals surface area contributed by atoms with E-state index in [1.54, 1.807) is 13.0 Å². The number of aromatic nitrogens is 2. The Labute approximate surface area is 110 Å². The van der Waals surface area contributed by atoms with E-state index in [2.05, 4.69) is 4.98 Å². The molecule has 2 aromatic rings. The zero-order valence-corrected chi connectivity index (χ0v) is 11.0. The summed E-state index contributed by atoms with van der Waals surface area (Å²) in [4.78, 5) is 15.4. The molecule has 5 heteroatoms. The van der Waals surface area contributed by atoms with Crippen LogP contribution in [0.5, 0.6) is 0 Å². The first-order valence-corrected chi connectivity index (χ1v) is 6.22. The summed E-state index contributed by atoms with van der Waals surface area (Å²) in [5.41, 5.74) is 1.38. The highest BCUT2D eigenvalue weighted by Gasteiger charge is 2.15. The van der Waals surface area contributed by atoms with Crippen LogP contribution in [0.25, 0.3) is 11.0 Å². The van der Waals surface area contributed by atoms with Crippen LogP contribution in [0.3, 0.4) is 0 Å². The number of Topliss-reactive ketones (excluding diaryl/α,β-unsaturated/α-hetero) is 1. The van der Waals surface area contributed by atoms with Gasteiger partial charge in [-0.05, 0) is 26.0 Å². The number of aryl methyl sites for hydroxylation is 1. The van der Waals surface area contributed by atoms with Crippen molar-refractivity contribution >= 4 is 28.4 Å². The van der Waals surface area contributed by atoms with E-state index in [4.69, 9.17) is 11.6 Å². The van der Waals surface area contributed by atoms with Crippen LogP contribution < -0.4 is 0 Å². The van der Waals surface area contributed by atoms with Gasteiger partial charge in [0.25, 0.3) is 0 Å². The smallest absolute Gasteiger partial charge is 0.131 e. The third-order valence-electron chi connectivity index (χ3n) is 2.78. The maximum atomic E-state index is 13.2. The van der Waals surface area contributed by atoms with E-state index in [1.807, 2.05) is 11.5 Å². The summed E-state index contributed by atoms with van der Waals surface area (Å²) in [6, 6.07) is 4.43. The molecule has 0 aliphatic rings. The van der Waals surface area contributed by atoms with E-state index in [9.17, 15) is 9.18 Å². The van der Waals surface area contributed by atoms with Gasteiger partial charge in [-0.1, -0.05) is 0 Å². The van der Waals surface area contributed by atoms with Crippen molar-refractivity contribution in [3.8, 4) is 0 Å². The monoisotopic (exact) mass is 268 g/mol. The lowest BCUT2D eigenvalue weighted by atomic mass is 10.2. The summed E-state index contributed by atoms with van der Waals surface area (Å²) < 4.78 is 15.0. The standard InChI is InChI=1S/C13H14ClFN2O/c1-8(18)5-6-17-12-4-3-10(15)7-11(12)16-13(17)9(2)14/h3-4,7,9H,5-6H2,1-2H3. The lowest BCUT2D eigenvalue weighted by Gasteiger charge is -2.09. The molecule has 0 aliphatic heterocycles. The van der Waals surface area contributed by atoms with Gasteiger partial charge in [0, 0.05) is 19.0 Å². The molecule has 0 saturated carbocycles. The first-order chi connectivity index (χ1) is 8.49. The molecule has 2 rings (SSSR count). The highest BCUT2D eigenvalue weighted by atomic mass is 35.5. The maximum absolute atomic E-state index is 13.2. The van der Waals surface area contributed by atoms with E-state index in [0.717, 1.165) is 5.52 Å². The Morgan fingerprint density at radius 1 is 1.56 bits per heavy atom. The molecule has 0 fully saturated rings. The number of halogens is 2. The van der Waals surface area contributed by atoms with E-state index in [-0.39, 0.29) is 17.0 Å². The number of benzene rings is 1. The molecule has 1 aromatic heterocycles. The van der Waals surface area contributed by atoms with Crippen LogP contribution in [0.15, 0.2) is 18.2 Å². The van der Waals surface area contributed by atoms with Crippen molar-refractivity contribution in [1.82, 2.24) is 9.55 Å².